The van der Waals surface area contributed by atoms with E-state index >= 15 is 0 Å². The van der Waals surface area contributed by atoms with E-state index in [1.54, 1.807) is 5.38 Å². The summed E-state index contributed by atoms with van der Waals surface area (Å²) in [4.78, 5) is 26.5. The number of carbonyl (C=O) groups is 2. The highest BCUT2D eigenvalue weighted by atomic mass is 32.1. The molecule has 0 aliphatic rings. The first-order valence-electron chi connectivity index (χ1n) is 5.26. The predicted molar refractivity (Wildman–Crippen MR) is 63.8 cm³/mol. The van der Waals surface area contributed by atoms with Gasteiger partial charge in [0.15, 0.2) is 0 Å². The highest BCUT2D eigenvalue weighted by Gasteiger charge is 2.20. The fourth-order valence-electron chi connectivity index (χ4n) is 1.29. The predicted octanol–water partition coefficient (Wildman–Crippen LogP) is 0.585. The van der Waals surface area contributed by atoms with Gasteiger partial charge in [-0.3, -0.25) is 4.79 Å². The average molecular weight is 257 g/mol. The van der Waals surface area contributed by atoms with Crippen molar-refractivity contribution >= 4 is 23.2 Å². The molecule has 7 heteroatoms. The number of nitrogens with zero attached hydrogens (tertiary/aromatic N) is 1. The lowest BCUT2D eigenvalue weighted by molar-refractivity contribution is -0.139. The zero-order chi connectivity index (χ0) is 12.8. The molecular weight excluding hydrogens is 242 g/mol. The number of hydrogen-bond donors (Lipinski definition) is 3. The molecule has 0 aliphatic heterocycles. The number of aromatic nitrogens is 1. The van der Waals surface area contributed by atoms with Gasteiger partial charge in [0.1, 0.15) is 16.7 Å². The summed E-state index contributed by atoms with van der Waals surface area (Å²) < 4.78 is 0. The molecular formula is C10H15N3O3S. The van der Waals surface area contributed by atoms with E-state index in [2.05, 4.69) is 10.3 Å². The van der Waals surface area contributed by atoms with E-state index in [-0.39, 0.29) is 12.2 Å². The third-order valence-corrected chi connectivity index (χ3v) is 3.01. The van der Waals surface area contributed by atoms with Crippen LogP contribution in [0.25, 0.3) is 0 Å². The van der Waals surface area contributed by atoms with Crippen molar-refractivity contribution in [2.45, 2.75) is 32.4 Å². The molecule has 1 atom stereocenters. The second-order valence-electron chi connectivity index (χ2n) is 3.48. The maximum absolute atomic E-state index is 11.7. The number of carbonyl (C=O) groups excluding carboxylic acids is 1. The van der Waals surface area contributed by atoms with Crippen molar-refractivity contribution < 1.29 is 14.7 Å². The van der Waals surface area contributed by atoms with Crippen molar-refractivity contribution in [1.82, 2.24) is 10.3 Å². The van der Waals surface area contributed by atoms with Crippen molar-refractivity contribution in [1.29, 1.82) is 0 Å². The van der Waals surface area contributed by atoms with Crippen LogP contribution in [-0.2, 0) is 11.3 Å². The Kier molecular flexibility index (Phi) is 5.05. The van der Waals surface area contributed by atoms with Gasteiger partial charge < -0.3 is 16.2 Å². The average Bonchev–Trinajstić information content (AvgIpc) is 2.76. The quantitative estimate of drug-likeness (QED) is 0.691. The molecule has 0 saturated heterocycles. The minimum Gasteiger partial charge on any atom is -0.480 e. The standard InChI is InChI=1S/C10H15N3O3S/c1-2-3-6(10(15)16)13-9(14)7-5-17-8(4-11)12-7/h5-6H,2-4,11H2,1H3,(H,13,14)(H,15,16)/t6-/m0/s1. The number of aliphatic carboxylic acids is 1. The Morgan fingerprint density at radius 3 is 2.82 bits per heavy atom. The van der Waals surface area contributed by atoms with Crippen LogP contribution in [0, 0.1) is 0 Å². The Balaban J connectivity index is 2.66. The lowest BCUT2D eigenvalue weighted by atomic mass is 10.1. The van der Waals surface area contributed by atoms with Crippen LogP contribution >= 0.6 is 11.3 Å². The molecule has 0 aliphatic carbocycles. The van der Waals surface area contributed by atoms with Gasteiger partial charge in [0.05, 0.1) is 0 Å². The molecule has 4 N–H and O–H groups in total. The molecule has 1 aromatic rings. The van der Waals surface area contributed by atoms with Gasteiger partial charge in [-0.05, 0) is 6.42 Å². The second-order valence-corrected chi connectivity index (χ2v) is 4.43. The van der Waals surface area contributed by atoms with Gasteiger partial charge in [-0.1, -0.05) is 13.3 Å². The summed E-state index contributed by atoms with van der Waals surface area (Å²) in [5, 5.41) is 13.6. The molecule has 0 bridgehead atoms. The highest BCUT2D eigenvalue weighted by Crippen LogP contribution is 2.09. The molecule has 17 heavy (non-hydrogen) atoms. The van der Waals surface area contributed by atoms with Crippen LogP contribution in [0.4, 0.5) is 0 Å². The molecule has 94 valence electrons. The van der Waals surface area contributed by atoms with E-state index in [1.807, 2.05) is 6.92 Å². The largest absolute Gasteiger partial charge is 0.480 e. The Hall–Kier alpha value is -1.47. The lowest BCUT2D eigenvalue weighted by Gasteiger charge is -2.12. The molecule has 1 heterocycles. The van der Waals surface area contributed by atoms with Gasteiger partial charge in [-0.15, -0.1) is 11.3 Å². The van der Waals surface area contributed by atoms with Crippen LogP contribution in [0.15, 0.2) is 5.38 Å². The van der Waals surface area contributed by atoms with Crippen LogP contribution in [0.3, 0.4) is 0 Å². The lowest BCUT2D eigenvalue weighted by Crippen LogP contribution is -2.40. The third kappa shape index (κ3) is 3.79. The first kappa shape index (κ1) is 13.6. The molecule has 0 unspecified atom stereocenters. The molecule has 0 radical (unpaired) electrons. The number of carboxylic acids is 1. The van der Waals surface area contributed by atoms with Crippen LogP contribution in [0.1, 0.15) is 35.3 Å². The number of amides is 1. The van der Waals surface area contributed by atoms with Crippen LogP contribution in [0.2, 0.25) is 0 Å². The van der Waals surface area contributed by atoms with Crippen LogP contribution < -0.4 is 11.1 Å². The smallest absolute Gasteiger partial charge is 0.326 e. The van der Waals surface area contributed by atoms with E-state index < -0.39 is 17.9 Å². The van der Waals surface area contributed by atoms with Gasteiger partial charge in [0.2, 0.25) is 0 Å². The fourth-order valence-corrected chi connectivity index (χ4v) is 1.94. The zero-order valence-corrected chi connectivity index (χ0v) is 10.3. The SMILES string of the molecule is CCC[C@H](NC(=O)c1csc(CN)n1)C(=O)O. The summed E-state index contributed by atoms with van der Waals surface area (Å²) in [5.74, 6) is -1.50. The van der Waals surface area contributed by atoms with Crippen molar-refractivity contribution in [3.8, 4) is 0 Å². The Bertz CT molecular complexity index is 405. The molecule has 0 spiro atoms. The van der Waals surface area contributed by atoms with Crippen LogP contribution in [-0.4, -0.2) is 28.0 Å². The van der Waals surface area contributed by atoms with E-state index in [4.69, 9.17) is 10.8 Å². The number of nitrogens with two attached hydrogens (primary N) is 1. The number of nitrogens with one attached hydrogen (secondary N) is 1. The van der Waals surface area contributed by atoms with Gasteiger partial charge in [0, 0.05) is 11.9 Å². The summed E-state index contributed by atoms with van der Waals surface area (Å²) in [6.07, 6.45) is 1.08. The summed E-state index contributed by atoms with van der Waals surface area (Å²) >= 11 is 1.28. The zero-order valence-electron chi connectivity index (χ0n) is 9.47. The molecule has 6 nitrogen and oxygen atoms in total. The minimum absolute atomic E-state index is 0.220. The summed E-state index contributed by atoms with van der Waals surface area (Å²) in [6, 6.07) is -0.865. The molecule has 0 fully saturated rings. The molecule has 1 amide bonds. The first-order chi connectivity index (χ1) is 8.08. The van der Waals surface area contributed by atoms with Crippen molar-refractivity contribution in [2.24, 2.45) is 5.73 Å². The van der Waals surface area contributed by atoms with E-state index in [0.717, 1.165) is 0 Å². The fraction of sp³-hybridized carbons (Fsp3) is 0.500. The normalized spacial score (nSPS) is 12.1. The monoisotopic (exact) mass is 257 g/mol. The molecule has 1 aromatic heterocycles. The van der Waals surface area contributed by atoms with E-state index in [9.17, 15) is 9.59 Å². The van der Waals surface area contributed by atoms with Gasteiger partial charge in [0.25, 0.3) is 5.91 Å². The number of hydrogen-bond acceptors (Lipinski definition) is 5. The van der Waals surface area contributed by atoms with Gasteiger partial charge >= 0.3 is 5.97 Å². The topological polar surface area (TPSA) is 105 Å². The molecule has 1 rings (SSSR count). The van der Waals surface area contributed by atoms with Gasteiger partial charge in [-0.2, -0.15) is 0 Å². The minimum atomic E-state index is -1.03. The van der Waals surface area contributed by atoms with Crippen LogP contribution in [0.5, 0.6) is 0 Å². The second kappa shape index (κ2) is 6.31. The Morgan fingerprint density at radius 2 is 2.35 bits per heavy atom. The molecule has 0 saturated carbocycles. The molecule has 0 aromatic carbocycles. The maximum Gasteiger partial charge on any atom is 0.326 e. The number of carboxylic acid groups (broad SMARTS) is 1. The summed E-state index contributed by atoms with van der Waals surface area (Å²) in [6.45, 7) is 2.13. The maximum atomic E-state index is 11.7. The summed E-state index contributed by atoms with van der Waals surface area (Å²) in [5.41, 5.74) is 5.60. The first-order valence-corrected chi connectivity index (χ1v) is 6.14. The number of thiazole rings is 1. The Morgan fingerprint density at radius 1 is 1.65 bits per heavy atom. The van der Waals surface area contributed by atoms with Crippen molar-refractivity contribution in [2.75, 3.05) is 0 Å². The van der Waals surface area contributed by atoms with E-state index in [0.29, 0.717) is 17.8 Å². The van der Waals surface area contributed by atoms with E-state index in [1.165, 1.54) is 11.3 Å². The highest BCUT2D eigenvalue weighted by molar-refractivity contribution is 7.09. The summed E-state index contributed by atoms with van der Waals surface area (Å²) in [7, 11) is 0. The van der Waals surface area contributed by atoms with Crippen molar-refractivity contribution in [3.05, 3.63) is 16.1 Å². The number of rotatable bonds is 6. The van der Waals surface area contributed by atoms with Crippen molar-refractivity contribution in [3.63, 3.8) is 0 Å². The Labute approximate surface area is 103 Å². The van der Waals surface area contributed by atoms with Gasteiger partial charge in [-0.25, -0.2) is 9.78 Å². The third-order valence-electron chi connectivity index (χ3n) is 2.14.